The lowest BCUT2D eigenvalue weighted by Gasteiger charge is -2.19. The van der Waals surface area contributed by atoms with Gasteiger partial charge in [0.1, 0.15) is 6.61 Å². The lowest BCUT2D eigenvalue weighted by molar-refractivity contribution is 0.0797. The summed E-state index contributed by atoms with van der Waals surface area (Å²) >= 11 is 0. The van der Waals surface area contributed by atoms with Crippen molar-refractivity contribution >= 4 is 16.2 Å². The fourth-order valence-electron chi connectivity index (χ4n) is 2.27. The minimum Gasteiger partial charge on any atom is -0.438 e. The van der Waals surface area contributed by atoms with Gasteiger partial charge in [-0.15, -0.1) is 0 Å². The highest BCUT2D eigenvalue weighted by molar-refractivity contribution is 7.89. The van der Waals surface area contributed by atoms with Crippen molar-refractivity contribution in [2.24, 2.45) is 5.92 Å². The van der Waals surface area contributed by atoms with Gasteiger partial charge in [0.2, 0.25) is 10.0 Å². The van der Waals surface area contributed by atoms with Crippen LogP contribution in [-0.2, 0) is 19.5 Å². The van der Waals surface area contributed by atoms with Crippen molar-refractivity contribution in [3.8, 4) is 0 Å². The summed E-state index contributed by atoms with van der Waals surface area (Å²) in [4.78, 5) is 11.3. The number of sulfonamides is 1. The van der Waals surface area contributed by atoms with E-state index in [9.17, 15) is 13.2 Å². The number of carbonyl (C=O) groups is 1. The Morgan fingerprint density at radius 3 is 2.36 bits per heavy atom. The second-order valence-electron chi connectivity index (χ2n) is 6.43. The number of ether oxygens (including phenoxy) is 2. The molecule has 0 radical (unpaired) electrons. The van der Waals surface area contributed by atoms with Gasteiger partial charge in [-0.1, -0.05) is 37.6 Å². The normalized spacial score (nSPS) is 13.6. The molecule has 0 saturated heterocycles. The second-order valence-corrected chi connectivity index (χ2v) is 8.14. The van der Waals surface area contributed by atoms with Crippen LogP contribution in [0.1, 0.15) is 32.8 Å². The predicted octanol–water partition coefficient (Wildman–Crippen LogP) is 3.42. The summed E-state index contributed by atoms with van der Waals surface area (Å²) in [5.41, 5.74) is 1.73. The van der Waals surface area contributed by atoms with Crippen molar-refractivity contribution < 1.29 is 22.7 Å². The Morgan fingerprint density at radius 1 is 1.24 bits per heavy atom. The van der Waals surface area contributed by atoms with E-state index in [0.717, 1.165) is 11.1 Å². The van der Waals surface area contributed by atoms with Gasteiger partial charge in [0.15, 0.2) is 0 Å². The number of methoxy groups -OCH3 is 1. The van der Waals surface area contributed by atoms with E-state index < -0.39 is 22.2 Å². The van der Waals surface area contributed by atoms with Crippen LogP contribution in [-0.4, -0.2) is 34.3 Å². The van der Waals surface area contributed by atoms with E-state index in [4.69, 9.17) is 4.74 Å². The molecule has 140 valence electrons. The number of rotatable bonds is 8. The van der Waals surface area contributed by atoms with Crippen LogP contribution >= 0.6 is 0 Å². The lowest BCUT2D eigenvalue weighted by atomic mass is 10.0. The van der Waals surface area contributed by atoms with Crippen LogP contribution in [0.5, 0.6) is 0 Å². The highest BCUT2D eigenvalue weighted by atomic mass is 32.2. The van der Waals surface area contributed by atoms with Crippen molar-refractivity contribution in [2.75, 3.05) is 13.7 Å². The van der Waals surface area contributed by atoms with Crippen LogP contribution in [0.15, 0.2) is 40.8 Å². The largest absolute Gasteiger partial charge is 0.508 e. The third-order valence-electron chi connectivity index (χ3n) is 3.43. The maximum atomic E-state index is 12.6. The van der Waals surface area contributed by atoms with E-state index in [1.165, 1.54) is 7.11 Å². The molecule has 0 aliphatic carbocycles. The monoisotopic (exact) mass is 369 g/mol. The molecule has 25 heavy (non-hydrogen) atoms. The minimum atomic E-state index is -3.63. The number of hydrogen-bond acceptors (Lipinski definition) is 5. The molecule has 0 spiro atoms. The first-order valence-corrected chi connectivity index (χ1v) is 9.59. The maximum Gasteiger partial charge on any atom is 0.508 e. The Hall–Kier alpha value is -1.86. The number of hydrogen-bond donors (Lipinski definition) is 1. The Labute approximate surface area is 150 Å². The zero-order valence-corrected chi connectivity index (χ0v) is 16.2. The van der Waals surface area contributed by atoms with Crippen LogP contribution in [0, 0.1) is 12.8 Å². The van der Waals surface area contributed by atoms with E-state index >= 15 is 0 Å². The summed E-state index contributed by atoms with van der Waals surface area (Å²) < 4.78 is 37.2. The fourth-order valence-corrected chi connectivity index (χ4v) is 3.46. The molecule has 0 aliphatic rings. The summed E-state index contributed by atoms with van der Waals surface area (Å²) in [5.74, 6) is 0.288. The van der Waals surface area contributed by atoms with Gasteiger partial charge in [-0.05, 0) is 43.9 Å². The zero-order valence-electron chi connectivity index (χ0n) is 15.4. The van der Waals surface area contributed by atoms with Gasteiger partial charge in [0, 0.05) is 6.04 Å². The summed E-state index contributed by atoms with van der Waals surface area (Å²) in [7, 11) is -2.40. The van der Waals surface area contributed by atoms with Crippen molar-refractivity contribution in [3.05, 3.63) is 41.5 Å². The van der Waals surface area contributed by atoms with Crippen LogP contribution in [0.4, 0.5) is 4.79 Å². The number of carbonyl (C=O) groups excluding carboxylic acids is 1. The molecule has 1 aromatic carbocycles. The molecule has 0 amide bonds. The van der Waals surface area contributed by atoms with Crippen molar-refractivity contribution in [1.82, 2.24) is 4.72 Å². The smallest absolute Gasteiger partial charge is 0.438 e. The van der Waals surface area contributed by atoms with Crippen molar-refractivity contribution in [1.29, 1.82) is 0 Å². The first-order valence-electron chi connectivity index (χ1n) is 8.11. The standard InChI is InChI=1S/C18H27NO5S/c1-13(2)10-16(11-15(4)12-24-18(20)23-5)19-25(21,22)17-8-6-14(3)7-9-17/h6-9,11,13,16,19H,10,12H2,1-5H3/b15-11+/t16-/m0/s1. The molecule has 6 nitrogen and oxygen atoms in total. The molecule has 0 aliphatic heterocycles. The Kier molecular flexibility index (Phi) is 8.12. The molecule has 0 heterocycles. The molecular formula is C18H27NO5S. The molecule has 0 bridgehead atoms. The van der Waals surface area contributed by atoms with Gasteiger partial charge >= 0.3 is 6.16 Å². The highest BCUT2D eigenvalue weighted by Gasteiger charge is 2.20. The SMILES string of the molecule is COC(=O)OC/C(C)=C/[C@H](CC(C)C)NS(=O)(=O)c1ccc(C)cc1. The molecule has 1 atom stereocenters. The number of benzene rings is 1. The Bertz CT molecular complexity index is 693. The molecule has 7 heteroatoms. The average molecular weight is 369 g/mol. The van der Waals surface area contributed by atoms with Crippen molar-refractivity contribution in [3.63, 3.8) is 0 Å². The first kappa shape index (κ1) is 21.2. The number of aryl methyl sites for hydroxylation is 1. The van der Waals surface area contributed by atoms with Crippen LogP contribution in [0.3, 0.4) is 0 Å². The fraction of sp³-hybridized carbons (Fsp3) is 0.500. The van der Waals surface area contributed by atoms with E-state index in [-0.39, 0.29) is 17.4 Å². The summed E-state index contributed by atoms with van der Waals surface area (Å²) in [5, 5.41) is 0. The predicted molar refractivity (Wildman–Crippen MR) is 96.9 cm³/mol. The minimum absolute atomic E-state index is 0.0491. The van der Waals surface area contributed by atoms with Crippen molar-refractivity contribution in [2.45, 2.75) is 45.1 Å². The topological polar surface area (TPSA) is 81.7 Å². The third kappa shape index (κ3) is 7.70. The van der Waals surface area contributed by atoms with Gasteiger partial charge in [-0.3, -0.25) is 0 Å². The molecule has 1 aromatic rings. The number of nitrogens with one attached hydrogen (secondary N) is 1. The van der Waals surface area contributed by atoms with E-state index in [1.54, 1.807) is 37.3 Å². The maximum absolute atomic E-state index is 12.6. The highest BCUT2D eigenvalue weighted by Crippen LogP contribution is 2.15. The molecular weight excluding hydrogens is 342 g/mol. The molecule has 0 aromatic heterocycles. The third-order valence-corrected chi connectivity index (χ3v) is 4.94. The Morgan fingerprint density at radius 2 is 1.84 bits per heavy atom. The zero-order chi connectivity index (χ0) is 19.0. The quantitative estimate of drug-likeness (QED) is 0.561. The van der Waals surface area contributed by atoms with Gasteiger partial charge in [-0.25, -0.2) is 17.9 Å². The first-order chi connectivity index (χ1) is 11.6. The summed E-state index contributed by atoms with van der Waals surface area (Å²) in [6.45, 7) is 7.76. The van der Waals surface area contributed by atoms with E-state index in [0.29, 0.717) is 6.42 Å². The second kappa shape index (κ2) is 9.58. The van der Waals surface area contributed by atoms with Crippen LogP contribution < -0.4 is 4.72 Å². The van der Waals surface area contributed by atoms with Gasteiger partial charge in [0.05, 0.1) is 12.0 Å². The Balaban J connectivity index is 2.91. The summed E-state index contributed by atoms with van der Waals surface area (Å²) in [6.07, 6.45) is 1.63. The summed E-state index contributed by atoms with van der Waals surface area (Å²) in [6, 6.07) is 6.30. The molecule has 0 saturated carbocycles. The van der Waals surface area contributed by atoms with Gasteiger partial charge in [0.25, 0.3) is 0 Å². The molecule has 1 rings (SSSR count). The lowest BCUT2D eigenvalue weighted by Crippen LogP contribution is -2.34. The molecule has 0 unspecified atom stereocenters. The van der Waals surface area contributed by atoms with Crippen LogP contribution in [0.2, 0.25) is 0 Å². The van der Waals surface area contributed by atoms with E-state index in [2.05, 4.69) is 9.46 Å². The van der Waals surface area contributed by atoms with Gasteiger partial charge in [-0.2, -0.15) is 0 Å². The molecule has 1 N–H and O–H groups in total. The van der Waals surface area contributed by atoms with Gasteiger partial charge < -0.3 is 9.47 Å². The van der Waals surface area contributed by atoms with E-state index in [1.807, 2.05) is 20.8 Å². The average Bonchev–Trinajstić information content (AvgIpc) is 2.51. The molecule has 0 fully saturated rings. The van der Waals surface area contributed by atoms with Crippen LogP contribution in [0.25, 0.3) is 0 Å².